The van der Waals surface area contributed by atoms with Crippen LogP contribution in [-0.2, 0) is 11.3 Å². The molecule has 1 heterocycles. The van der Waals surface area contributed by atoms with E-state index in [1.54, 1.807) is 24.3 Å². The molecule has 2 atom stereocenters. The Morgan fingerprint density at radius 1 is 0.927 bits per heavy atom. The van der Waals surface area contributed by atoms with Gasteiger partial charge in [0.1, 0.15) is 5.82 Å². The Bertz CT molecular complexity index is 1560. The summed E-state index contributed by atoms with van der Waals surface area (Å²) in [5.41, 5.74) is 4.28. The molecule has 0 aliphatic heterocycles. The fourth-order valence-corrected chi connectivity index (χ4v) is 5.06. The molecule has 0 fully saturated rings. The molecule has 0 saturated heterocycles. The number of benzene rings is 3. The second kappa shape index (κ2) is 13.4. The maximum absolute atomic E-state index is 14.1. The van der Waals surface area contributed by atoms with Gasteiger partial charge in [0.05, 0.1) is 23.5 Å². The average Bonchev–Trinajstić information content (AvgIpc) is 3.33. The molecular formula is C33H34FN2O5-. The highest BCUT2D eigenvalue weighted by atomic mass is 19.1. The van der Waals surface area contributed by atoms with E-state index in [4.69, 9.17) is 2.74 Å². The van der Waals surface area contributed by atoms with Gasteiger partial charge in [-0.05, 0) is 66.3 Å². The highest BCUT2D eigenvalue weighted by Crippen LogP contribution is 2.42. The highest BCUT2D eigenvalue weighted by Gasteiger charge is 2.30. The van der Waals surface area contributed by atoms with E-state index < -0.39 is 36.8 Å². The minimum absolute atomic E-state index is 0.00322. The fraction of sp³-hybridized carbons (Fsp3) is 0.273. The van der Waals surface area contributed by atoms with Crippen molar-refractivity contribution in [1.29, 1.82) is 0 Å². The molecule has 0 aliphatic carbocycles. The molecule has 0 radical (unpaired) electrons. The quantitative estimate of drug-likeness (QED) is 0.227. The van der Waals surface area contributed by atoms with Crippen molar-refractivity contribution in [2.75, 3.05) is 5.32 Å². The second-order valence-corrected chi connectivity index (χ2v) is 10.1. The van der Waals surface area contributed by atoms with Crippen LogP contribution < -0.4 is 10.4 Å². The number of hydrogen-bond donors (Lipinski definition) is 3. The summed E-state index contributed by atoms with van der Waals surface area (Å²) < 4.78 is 31.0. The fourth-order valence-electron chi connectivity index (χ4n) is 5.06. The number of anilines is 1. The predicted octanol–water partition coefficient (Wildman–Crippen LogP) is 4.98. The third-order valence-electron chi connectivity index (χ3n) is 6.76. The third kappa shape index (κ3) is 7.28. The number of halogens is 1. The zero-order chi connectivity index (χ0) is 31.3. The van der Waals surface area contributed by atoms with Crippen LogP contribution in [0.5, 0.6) is 0 Å². The second-order valence-electron chi connectivity index (χ2n) is 10.1. The van der Waals surface area contributed by atoms with E-state index in [-0.39, 0.29) is 24.8 Å². The minimum atomic E-state index is -3.04. The molecule has 7 nitrogen and oxygen atoms in total. The van der Waals surface area contributed by atoms with E-state index in [0.717, 1.165) is 5.56 Å². The van der Waals surface area contributed by atoms with Crippen molar-refractivity contribution < 1.29 is 32.0 Å². The van der Waals surface area contributed by atoms with Crippen molar-refractivity contribution in [3.8, 4) is 22.4 Å². The SMILES string of the molecule is [2H]C([2H])(C(=O)[O-])[C@H](O)C[C@H](O)CCn1c(-c2ccc(F)cc2)c(-c2ccccc2)c(C(=O)Nc2ccccc2)c1C(C)C. The van der Waals surface area contributed by atoms with Gasteiger partial charge in [0.2, 0.25) is 0 Å². The number of nitrogens with zero attached hydrogens (tertiary/aromatic N) is 1. The van der Waals surface area contributed by atoms with Gasteiger partial charge < -0.3 is 30.0 Å². The summed E-state index contributed by atoms with van der Waals surface area (Å²) in [6.45, 7) is 3.99. The number of carboxylic acid groups (broad SMARTS) is 1. The number of aromatic nitrogens is 1. The summed E-state index contributed by atoms with van der Waals surface area (Å²) in [4.78, 5) is 25.2. The monoisotopic (exact) mass is 559 g/mol. The lowest BCUT2D eigenvalue weighted by molar-refractivity contribution is -0.307. The largest absolute Gasteiger partial charge is 0.550 e. The van der Waals surface area contributed by atoms with Crippen molar-refractivity contribution in [2.24, 2.45) is 0 Å². The van der Waals surface area contributed by atoms with Crippen LogP contribution in [0, 0.1) is 5.82 Å². The molecule has 4 aromatic rings. The van der Waals surface area contributed by atoms with Crippen molar-refractivity contribution in [3.05, 3.63) is 102 Å². The van der Waals surface area contributed by atoms with E-state index in [1.165, 1.54) is 12.1 Å². The first-order valence-corrected chi connectivity index (χ1v) is 13.4. The van der Waals surface area contributed by atoms with E-state index >= 15 is 0 Å². The Kier molecular flexibility index (Phi) is 8.79. The van der Waals surface area contributed by atoms with Crippen LogP contribution in [0.25, 0.3) is 22.4 Å². The van der Waals surface area contributed by atoms with Crippen molar-refractivity contribution >= 4 is 17.6 Å². The molecule has 0 unspecified atom stereocenters. The van der Waals surface area contributed by atoms with E-state index in [1.807, 2.05) is 66.9 Å². The number of hydrogen-bond acceptors (Lipinski definition) is 5. The van der Waals surface area contributed by atoms with Crippen LogP contribution in [-0.4, -0.2) is 38.9 Å². The van der Waals surface area contributed by atoms with Gasteiger partial charge in [0.15, 0.2) is 0 Å². The zero-order valence-corrected chi connectivity index (χ0v) is 22.9. The normalized spacial score (nSPS) is 13.8. The van der Waals surface area contributed by atoms with Gasteiger partial charge in [-0.3, -0.25) is 4.79 Å². The number of rotatable bonds is 12. The molecule has 0 spiro atoms. The number of amides is 1. The molecule has 3 aromatic carbocycles. The average molecular weight is 560 g/mol. The zero-order valence-electron chi connectivity index (χ0n) is 24.9. The minimum Gasteiger partial charge on any atom is -0.550 e. The van der Waals surface area contributed by atoms with Crippen molar-refractivity contribution in [3.63, 3.8) is 0 Å². The highest BCUT2D eigenvalue weighted by molar-refractivity contribution is 6.12. The van der Waals surface area contributed by atoms with Crippen molar-refractivity contribution in [2.45, 2.75) is 57.7 Å². The molecule has 3 N–H and O–H groups in total. The van der Waals surface area contributed by atoms with Crippen LogP contribution >= 0.6 is 0 Å². The van der Waals surface area contributed by atoms with E-state index in [2.05, 4.69) is 5.32 Å². The maximum atomic E-state index is 14.1. The number of carbonyl (C=O) groups is 2. The molecule has 0 saturated carbocycles. The first-order chi connectivity index (χ1) is 20.4. The van der Waals surface area contributed by atoms with Gasteiger partial charge in [-0.1, -0.05) is 62.4 Å². The summed E-state index contributed by atoms with van der Waals surface area (Å²) in [6.07, 6.45) is -6.87. The molecule has 0 aliphatic rings. The van der Waals surface area contributed by atoms with Gasteiger partial charge in [0.25, 0.3) is 5.91 Å². The first kappa shape index (κ1) is 26.9. The standard InChI is InChI=1S/C33H35FN2O5/c1-21(2)31-30(33(41)35-25-11-7-4-8-12-25)29(22-9-5-3-6-10-22)32(23-13-15-24(34)16-14-23)36(31)18-17-26(37)19-27(38)20-28(39)40/h3-16,21,26-27,37-38H,17-20H2,1-2H3,(H,35,41)(H,39,40)/p-1/t26-,27-/m1/s1/i20D2. The van der Waals surface area contributed by atoms with Gasteiger partial charge in [-0.2, -0.15) is 0 Å². The third-order valence-corrected chi connectivity index (χ3v) is 6.76. The smallest absolute Gasteiger partial charge is 0.258 e. The number of aliphatic hydroxyl groups excluding tert-OH is 2. The number of nitrogens with one attached hydrogen (secondary N) is 1. The Hall–Kier alpha value is -4.27. The molecule has 0 bridgehead atoms. The Morgan fingerprint density at radius 3 is 2.12 bits per heavy atom. The van der Waals surface area contributed by atoms with E-state index in [0.29, 0.717) is 33.8 Å². The van der Waals surface area contributed by atoms with Crippen LogP contribution in [0.4, 0.5) is 10.1 Å². The number of aliphatic carboxylic acids is 1. The Morgan fingerprint density at radius 2 is 1.54 bits per heavy atom. The van der Waals surface area contributed by atoms with Gasteiger partial charge in [0, 0.05) is 38.6 Å². The molecule has 1 aromatic heterocycles. The summed E-state index contributed by atoms with van der Waals surface area (Å²) in [7, 11) is 0. The lowest BCUT2D eigenvalue weighted by Gasteiger charge is -2.20. The molecule has 41 heavy (non-hydrogen) atoms. The summed E-state index contributed by atoms with van der Waals surface area (Å²) in [5.74, 6) is -3.04. The molecule has 1 amide bonds. The maximum Gasteiger partial charge on any atom is 0.258 e. The summed E-state index contributed by atoms with van der Waals surface area (Å²) in [5, 5.41) is 35.1. The van der Waals surface area contributed by atoms with Gasteiger partial charge in [-0.25, -0.2) is 4.39 Å². The molecule has 8 heteroatoms. The molecule has 4 rings (SSSR count). The van der Waals surface area contributed by atoms with Crippen LogP contribution in [0.2, 0.25) is 0 Å². The lowest BCUT2D eigenvalue weighted by atomic mass is 9.94. The summed E-state index contributed by atoms with van der Waals surface area (Å²) in [6, 6.07) is 24.2. The van der Waals surface area contributed by atoms with Crippen LogP contribution in [0.15, 0.2) is 84.9 Å². The number of aliphatic hydroxyl groups is 2. The molecular weight excluding hydrogens is 523 g/mol. The summed E-state index contributed by atoms with van der Waals surface area (Å²) >= 11 is 0. The van der Waals surface area contributed by atoms with Crippen LogP contribution in [0.3, 0.4) is 0 Å². The Balaban J connectivity index is 1.88. The van der Waals surface area contributed by atoms with Gasteiger partial charge >= 0.3 is 0 Å². The number of para-hydroxylation sites is 1. The number of carbonyl (C=O) groups excluding carboxylic acids is 2. The van der Waals surface area contributed by atoms with Crippen LogP contribution in [0.1, 0.15) is 57.8 Å². The van der Waals surface area contributed by atoms with E-state index in [9.17, 15) is 29.3 Å². The predicted molar refractivity (Wildman–Crippen MR) is 155 cm³/mol. The number of carboxylic acids is 1. The topological polar surface area (TPSA) is 115 Å². The first-order valence-electron chi connectivity index (χ1n) is 14.4. The van der Waals surface area contributed by atoms with Crippen molar-refractivity contribution in [1.82, 2.24) is 4.57 Å². The lowest BCUT2D eigenvalue weighted by Crippen LogP contribution is -2.29. The molecule has 214 valence electrons. The Labute approximate surface area is 241 Å². The van der Waals surface area contributed by atoms with Gasteiger partial charge in [-0.15, -0.1) is 0 Å².